The van der Waals surface area contributed by atoms with Crippen molar-refractivity contribution in [2.75, 3.05) is 17.1 Å². The number of anilines is 1. The molecule has 0 unspecified atom stereocenters. The van der Waals surface area contributed by atoms with Gasteiger partial charge in [0.05, 0.1) is 11.9 Å². The van der Waals surface area contributed by atoms with Gasteiger partial charge >= 0.3 is 0 Å². The third-order valence-electron chi connectivity index (χ3n) is 5.98. The average molecular weight is 522 g/mol. The largest absolute Gasteiger partial charge is 0.352 e. The van der Waals surface area contributed by atoms with Gasteiger partial charge in [-0.05, 0) is 56.9 Å². The maximum atomic E-state index is 13.7. The second kappa shape index (κ2) is 12.4. The van der Waals surface area contributed by atoms with E-state index in [1.165, 1.54) is 11.0 Å². The molecule has 0 spiro atoms. The van der Waals surface area contributed by atoms with E-state index in [0.717, 1.165) is 33.7 Å². The molecule has 0 aliphatic carbocycles. The highest BCUT2D eigenvalue weighted by atomic mass is 35.5. The minimum Gasteiger partial charge on any atom is -0.352 e. The second-order valence-electron chi connectivity index (χ2n) is 8.95. The number of rotatable bonds is 11. The van der Waals surface area contributed by atoms with Gasteiger partial charge in [-0.1, -0.05) is 61.3 Å². The first-order valence-corrected chi connectivity index (χ1v) is 14.0. The van der Waals surface area contributed by atoms with Crippen LogP contribution in [0.1, 0.15) is 50.3 Å². The number of sulfonamides is 1. The van der Waals surface area contributed by atoms with Crippen molar-refractivity contribution < 1.29 is 18.0 Å². The predicted molar refractivity (Wildman–Crippen MR) is 142 cm³/mol. The van der Waals surface area contributed by atoms with Gasteiger partial charge in [0.1, 0.15) is 12.6 Å². The lowest BCUT2D eigenvalue weighted by Crippen LogP contribution is -2.53. The average Bonchev–Trinajstić information content (AvgIpc) is 2.79. The minimum absolute atomic E-state index is 0.0462. The van der Waals surface area contributed by atoms with Crippen LogP contribution >= 0.6 is 11.6 Å². The van der Waals surface area contributed by atoms with Crippen LogP contribution in [0.4, 0.5) is 5.69 Å². The van der Waals surface area contributed by atoms with Gasteiger partial charge in [-0.25, -0.2) is 8.42 Å². The van der Waals surface area contributed by atoms with Gasteiger partial charge in [-0.15, -0.1) is 0 Å². The molecule has 2 aromatic rings. The highest BCUT2D eigenvalue weighted by Gasteiger charge is 2.32. The summed E-state index contributed by atoms with van der Waals surface area (Å²) in [6, 6.07) is 11.8. The molecule has 2 atom stereocenters. The van der Waals surface area contributed by atoms with Crippen molar-refractivity contribution in [1.82, 2.24) is 10.2 Å². The molecule has 2 rings (SSSR count). The number of carbonyl (C=O) groups excluding carboxylic acids is 2. The molecule has 1 N–H and O–H groups in total. The van der Waals surface area contributed by atoms with Crippen molar-refractivity contribution in [1.29, 1.82) is 0 Å². The van der Waals surface area contributed by atoms with E-state index in [9.17, 15) is 18.0 Å². The first kappa shape index (κ1) is 28.7. The lowest BCUT2D eigenvalue weighted by Gasteiger charge is -2.33. The van der Waals surface area contributed by atoms with E-state index in [2.05, 4.69) is 5.32 Å². The Kier molecular flexibility index (Phi) is 10.2. The molecule has 0 saturated heterocycles. The van der Waals surface area contributed by atoms with Crippen LogP contribution in [0, 0.1) is 13.8 Å². The lowest BCUT2D eigenvalue weighted by molar-refractivity contribution is -0.140. The Morgan fingerprint density at radius 1 is 1.03 bits per heavy atom. The monoisotopic (exact) mass is 521 g/mol. The summed E-state index contributed by atoms with van der Waals surface area (Å²) in [7, 11) is -3.80. The van der Waals surface area contributed by atoms with Crippen LogP contribution in [0.15, 0.2) is 42.5 Å². The van der Waals surface area contributed by atoms with Crippen molar-refractivity contribution in [3.8, 4) is 0 Å². The Bertz CT molecular complexity index is 1140. The van der Waals surface area contributed by atoms with Crippen molar-refractivity contribution in [2.24, 2.45) is 0 Å². The van der Waals surface area contributed by atoms with Crippen LogP contribution in [0.2, 0.25) is 5.02 Å². The minimum atomic E-state index is -3.80. The standard InChI is InChI=1S/C26H36ClN3O4S/c1-7-20(5)28-26(32)24(8-2)29(16-21-12-9-18(3)10-13-21)25(31)17-30(35(6,33)34)22-14-11-19(4)23(27)15-22/h9-15,20,24H,7-8,16-17H2,1-6H3,(H,28,32)/t20-,24-/m1/s1. The van der Waals surface area contributed by atoms with Crippen LogP contribution in [0.5, 0.6) is 0 Å². The van der Waals surface area contributed by atoms with E-state index >= 15 is 0 Å². The highest BCUT2D eigenvalue weighted by molar-refractivity contribution is 7.92. The summed E-state index contributed by atoms with van der Waals surface area (Å²) < 4.78 is 26.4. The zero-order valence-electron chi connectivity index (χ0n) is 21.3. The summed E-state index contributed by atoms with van der Waals surface area (Å²) in [5.41, 5.74) is 3.02. The van der Waals surface area contributed by atoms with Gasteiger partial charge in [0.15, 0.2) is 0 Å². The number of hydrogen-bond acceptors (Lipinski definition) is 4. The number of nitrogens with one attached hydrogen (secondary N) is 1. The van der Waals surface area contributed by atoms with Gasteiger partial charge in [0.2, 0.25) is 21.8 Å². The summed E-state index contributed by atoms with van der Waals surface area (Å²) in [4.78, 5) is 28.2. The highest BCUT2D eigenvalue weighted by Crippen LogP contribution is 2.25. The molecule has 0 heterocycles. The zero-order chi connectivity index (χ0) is 26.3. The van der Waals surface area contributed by atoms with Gasteiger partial charge in [-0.2, -0.15) is 0 Å². The Hall–Kier alpha value is -2.58. The Balaban J connectivity index is 2.45. The maximum Gasteiger partial charge on any atom is 0.244 e. The number of aryl methyl sites for hydroxylation is 2. The smallest absolute Gasteiger partial charge is 0.244 e. The van der Waals surface area contributed by atoms with Gasteiger partial charge in [-0.3, -0.25) is 13.9 Å². The number of amides is 2. The fourth-order valence-corrected chi connectivity index (χ4v) is 4.62. The molecular weight excluding hydrogens is 486 g/mol. The maximum absolute atomic E-state index is 13.7. The number of benzene rings is 2. The lowest BCUT2D eigenvalue weighted by atomic mass is 10.1. The van der Waals surface area contributed by atoms with E-state index in [-0.39, 0.29) is 18.5 Å². The summed E-state index contributed by atoms with van der Waals surface area (Å²) in [6.07, 6.45) is 2.19. The fourth-order valence-electron chi connectivity index (χ4n) is 3.60. The molecule has 2 amide bonds. The molecule has 0 aliphatic rings. The van der Waals surface area contributed by atoms with Crippen molar-refractivity contribution in [2.45, 2.75) is 66.1 Å². The summed E-state index contributed by atoms with van der Waals surface area (Å²) in [5, 5.41) is 3.36. The number of carbonyl (C=O) groups is 2. The molecule has 0 fully saturated rings. The summed E-state index contributed by atoms with van der Waals surface area (Å²) >= 11 is 6.23. The molecule has 2 aromatic carbocycles. The third-order valence-corrected chi connectivity index (χ3v) is 7.53. The first-order chi connectivity index (χ1) is 16.4. The third kappa shape index (κ3) is 7.97. The molecule has 0 saturated carbocycles. The SMILES string of the molecule is CC[C@@H](C)NC(=O)[C@@H](CC)N(Cc1ccc(C)cc1)C(=O)CN(c1ccc(C)c(Cl)c1)S(C)(=O)=O. The topological polar surface area (TPSA) is 86.8 Å². The van der Waals surface area contributed by atoms with E-state index in [1.807, 2.05) is 58.9 Å². The van der Waals surface area contributed by atoms with Crippen LogP contribution in [0.25, 0.3) is 0 Å². The van der Waals surface area contributed by atoms with E-state index in [0.29, 0.717) is 17.1 Å². The molecule has 0 bridgehead atoms. The molecule has 35 heavy (non-hydrogen) atoms. The van der Waals surface area contributed by atoms with Crippen LogP contribution in [-0.2, 0) is 26.2 Å². The summed E-state index contributed by atoms with van der Waals surface area (Å²) in [5.74, 6) is -0.731. The zero-order valence-corrected chi connectivity index (χ0v) is 22.9. The van der Waals surface area contributed by atoms with Crippen LogP contribution < -0.4 is 9.62 Å². The molecule has 7 nitrogen and oxygen atoms in total. The van der Waals surface area contributed by atoms with Gasteiger partial charge in [0, 0.05) is 17.6 Å². The van der Waals surface area contributed by atoms with Crippen LogP contribution in [0.3, 0.4) is 0 Å². The molecule has 0 aromatic heterocycles. The predicted octanol–water partition coefficient (Wildman–Crippen LogP) is 4.44. The quantitative estimate of drug-likeness (QED) is 0.473. The first-order valence-electron chi connectivity index (χ1n) is 11.8. The summed E-state index contributed by atoms with van der Waals surface area (Å²) in [6.45, 7) is 9.23. The van der Waals surface area contributed by atoms with Crippen LogP contribution in [-0.4, -0.2) is 50.0 Å². The number of hydrogen-bond donors (Lipinski definition) is 1. The molecule has 0 radical (unpaired) electrons. The Morgan fingerprint density at radius 3 is 2.17 bits per heavy atom. The molecule has 0 aliphatic heterocycles. The van der Waals surface area contributed by atoms with E-state index in [4.69, 9.17) is 11.6 Å². The Morgan fingerprint density at radius 2 is 1.66 bits per heavy atom. The van der Waals surface area contributed by atoms with Gasteiger partial charge < -0.3 is 10.2 Å². The normalized spacial score (nSPS) is 13.1. The fraction of sp³-hybridized carbons (Fsp3) is 0.462. The molecule has 192 valence electrons. The van der Waals surface area contributed by atoms with Crippen molar-refractivity contribution in [3.05, 3.63) is 64.2 Å². The van der Waals surface area contributed by atoms with Crippen molar-refractivity contribution in [3.63, 3.8) is 0 Å². The number of nitrogens with zero attached hydrogens (tertiary/aromatic N) is 2. The molecular formula is C26H36ClN3O4S. The van der Waals surface area contributed by atoms with Gasteiger partial charge in [0.25, 0.3) is 0 Å². The second-order valence-corrected chi connectivity index (χ2v) is 11.3. The molecule has 9 heteroatoms. The van der Waals surface area contributed by atoms with E-state index in [1.54, 1.807) is 12.1 Å². The van der Waals surface area contributed by atoms with Crippen molar-refractivity contribution >= 4 is 39.1 Å². The Labute approximate surface area is 214 Å². The van der Waals surface area contributed by atoms with E-state index < -0.39 is 28.5 Å². The number of halogens is 1.